The lowest BCUT2D eigenvalue weighted by Gasteiger charge is -1.76. The summed E-state index contributed by atoms with van der Waals surface area (Å²) in [7, 11) is -2.10. The SMILES string of the molecule is O=S(=O)=c1cc[nH]cc1. The van der Waals surface area contributed by atoms with Crippen LogP contribution in [0.4, 0.5) is 0 Å². The van der Waals surface area contributed by atoms with Gasteiger partial charge >= 0.3 is 0 Å². The molecule has 0 amide bonds. The number of hydrogen-bond donors (Lipinski definition) is 1. The van der Waals surface area contributed by atoms with Crippen LogP contribution in [0, 0.1) is 4.51 Å². The molecule has 0 saturated heterocycles. The molecule has 0 unspecified atom stereocenters. The van der Waals surface area contributed by atoms with Crippen molar-refractivity contribution >= 4 is 10.3 Å². The van der Waals surface area contributed by atoms with Crippen molar-refractivity contribution in [1.82, 2.24) is 4.98 Å². The van der Waals surface area contributed by atoms with Gasteiger partial charge < -0.3 is 4.98 Å². The molecule has 1 aromatic heterocycles. The Kier molecular flexibility index (Phi) is 1.69. The van der Waals surface area contributed by atoms with Crippen LogP contribution < -0.4 is 0 Å². The van der Waals surface area contributed by atoms with Crippen LogP contribution in [0.2, 0.25) is 0 Å². The normalized spacial score (nSPS) is 8.89. The van der Waals surface area contributed by atoms with E-state index in [0.29, 0.717) is 4.51 Å². The fourth-order valence-electron chi connectivity index (χ4n) is 0.483. The van der Waals surface area contributed by atoms with Gasteiger partial charge in [-0.1, -0.05) is 0 Å². The highest BCUT2D eigenvalue weighted by molar-refractivity contribution is 7.63. The summed E-state index contributed by atoms with van der Waals surface area (Å²) in [5.41, 5.74) is 0. The molecule has 0 aliphatic heterocycles. The molecule has 3 nitrogen and oxygen atoms in total. The third-order valence-electron chi connectivity index (χ3n) is 0.880. The first-order chi connectivity index (χ1) is 4.30. The van der Waals surface area contributed by atoms with Gasteiger partial charge in [-0.2, -0.15) is 8.42 Å². The van der Waals surface area contributed by atoms with E-state index in [1.54, 1.807) is 12.4 Å². The average Bonchev–Trinajstić information content (AvgIpc) is 1.90. The Hall–Kier alpha value is -1.03. The highest BCUT2D eigenvalue weighted by Crippen LogP contribution is 1.81. The second-order valence-electron chi connectivity index (χ2n) is 1.47. The van der Waals surface area contributed by atoms with Crippen LogP contribution in [0.5, 0.6) is 0 Å². The standard InChI is InChI=1S/C5H5NO2S/c7-9(8)5-1-3-6-4-2-5/h1-4,6H. The third kappa shape index (κ3) is 1.43. The highest BCUT2D eigenvalue weighted by Gasteiger charge is 1.75. The van der Waals surface area contributed by atoms with Crippen molar-refractivity contribution in [2.45, 2.75) is 0 Å². The number of hydrogen-bond acceptors (Lipinski definition) is 2. The van der Waals surface area contributed by atoms with Crippen LogP contribution in [0.15, 0.2) is 24.5 Å². The Morgan fingerprint density at radius 3 is 2.11 bits per heavy atom. The number of aromatic nitrogens is 1. The minimum atomic E-state index is -2.10. The second kappa shape index (κ2) is 2.50. The molecule has 0 saturated carbocycles. The van der Waals surface area contributed by atoms with Gasteiger partial charge in [-0.05, 0) is 12.1 Å². The maximum Gasteiger partial charge on any atom is 0.221 e. The molecule has 0 aliphatic rings. The summed E-state index contributed by atoms with van der Waals surface area (Å²) in [6, 6.07) is 2.98. The van der Waals surface area contributed by atoms with Crippen molar-refractivity contribution in [2.75, 3.05) is 0 Å². The first-order valence-electron chi connectivity index (χ1n) is 2.36. The predicted molar refractivity (Wildman–Crippen MR) is 33.0 cm³/mol. The lowest BCUT2D eigenvalue weighted by molar-refractivity contribution is 0.625. The molecule has 0 aromatic carbocycles. The molecule has 0 spiro atoms. The molecule has 0 radical (unpaired) electrons. The monoisotopic (exact) mass is 143 g/mol. The van der Waals surface area contributed by atoms with E-state index >= 15 is 0 Å². The molecule has 1 rings (SSSR count). The molecule has 0 bridgehead atoms. The van der Waals surface area contributed by atoms with Crippen LogP contribution in [0.25, 0.3) is 0 Å². The highest BCUT2D eigenvalue weighted by atomic mass is 32.2. The van der Waals surface area contributed by atoms with Crippen molar-refractivity contribution in [1.29, 1.82) is 0 Å². The summed E-state index contributed by atoms with van der Waals surface area (Å²) in [6.07, 6.45) is 3.12. The average molecular weight is 143 g/mol. The van der Waals surface area contributed by atoms with E-state index in [4.69, 9.17) is 0 Å². The summed E-state index contributed by atoms with van der Waals surface area (Å²) < 4.78 is 20.7. The van der Waals surface area contributed by atoms with E-state index < -0.39 is 10.3 Å². The molecule has 1 heterocycles. The van der Waals surface area contributed by atoms with E-state index in [2.05, 4.69) is 4.98 Å². The number of nitrogens with one attached hydrogen (secondary N) is 1. The molecule has 0 fully saturated rings. The smallest absolute Gasteiger partial charge is 0.221 e. The van der Waals surface area contributed by atoms with Crippen molar-refractivity contribution in [2.24, 2.45) is 0 Å². The molecule has 48 valence electrons. The summed E-state index contributed by atoms with van der Waals surface area (Å²) in [5, 5.41) is 0. The molecule has 0 atom stereocenters. The summed E-state index contributed by atoms with van der Waals surface area (Å²) in [4.78, 5) is 2.71. The van der Waals surface area contributed by atoms with Gasteiger partial charge in [-0.25, -0.2) is 0 Å². The molecule has 0 aliphatic carbocycles. The van der Waals surface area contributed by atoms with E-state index in [1.807, 2.05) is 0 Å². The summed E-state index contributed by atoms with van der Waals surface area (Å²) in [5.74, 6) is 0. The van der Waals surface area contributed by atoms with E-state index in [1.165, 1.54) is 12.1 Å². The maximum atomic E-state index is 10.2. The molecule has 1 N–H and O–H groups in total. The summed E-state index contributed by atoms with van der Waals surface area (Å²) >= 11 is 0. The molecular weight excluding hydrogens is 138 g/mol. The first-order valence-corrected chi connectivity index (χ1v) is 3.43. The van der Waals surface area contributed by atoms with Crippen LogP contribution >= 0.6 is 0 Å². The fourth-order valence-corrected chi connectivity index (χ4v) is 0.841. The topological polar surface area (TPSA) is 49.9 Å². The Morgan fingerprint density at radius 2 is 1.78 bits per heavy atom. The molecule has 4 heteroatoms. The van der Waals surface area contributed by atoms with Crippen molar-refractivity contribution < 1.29 is 8.42 Å². The Labute approximate surface area is 53.5 Å². The Bertz CT molecular complexity index is 324. The predicted octanol–water partition coefficient (Wildman–Crippen LogP) is 0.426. The quantitative estimate of drug-likeness (QED) is 0.535. The zero-order chi connectivity index (χ0) is 6.69. The third-order valence-corrected chi connectivity index (χ3v) is 1.54. The van der Waals surface area contributed by atoms with Crippen LogP contribution in [0.1, 0.15) is 0 Å². The second-order valence-corrected chi connectivity index (χ2v) is 2.41. The van der Waals surface area contributed by atoms with E-state index in [-0.39, 0.29) is 0 Å². The van der Waals surface area contributed by atoms with E-state index in [0.717, 1.165) is 0 Å². The Morgan fingerprint density at radius 1 is 1.22 bits per heavy atom. The molecular formula is C5H5NO2S. The minimum Gasteiger partial charge on any atom is -0.368 e. The van der Waals surface area contributed by atoms with Crippen LogP contribution in [0.3, 0.4) is 0 Å². The van der Waals surface area contributed by atoms with Gasteiger partial charge in [0.25, 0.3) is 0 Å². The number of aromatic amines is 1. The van der Waals surface area contributed by atoms with Crippen LogP contribution in [-0.4, -0.2) is 13.4 Å². The van der Waals surface area contributed by atoms with Gasteiger partial charge in [0, 0.05) is 12.4 Å². The number of pyridine rings is 1. The van der Waals surface area contributed by atoms with Gasteiger partial charge in [-0.15, -0.1) is 0 Å². The van der Waals surface area contributed by atoms with Gasteiger partial charge in [-0.3, -0.25) is 0 Å². The minimum absolute atomic E-state index is 0.300. The molecule has 1 aromatic rings. The number of H-pyrrole nitrogens is 1. The fraction of sp³-hybridized carbons (Fsp3) is 0. The van der Waals surface area contributed by atoms with Crippen molar-refractivity contribution in [3.05, 3.63) is 29.0 Å². The first kappa shape index (κ1) is 6.10. The lowest BCUT2D eigenvalue weighted by Crippen LogP contribution is -1.69. The summed E-state index contributed by atoms with van der Waals surface area (Å²) in [6.45, 7) is 0. The van der Waals surface area contributed by atoms with Gasteiger partial charge in [0.05, 0.1) is 4.51 Å². The van der Waals surface area contributed by atoms with Crippen molar-refractivity contribution in [3.8, 4) is 0 Å². The number of rotatable bonds is 0. The lowest BCUT2D eigenvalue weighted by atomic mass is 10.5. The maximum absolute atomic E-state index is 10.2. The zero-order valence-electron chi connectivity index (χ0n) is 4.53. The van der Waals surface area contributed by atoms with Crippen molar-refractivity contribution in [3.63, 3.8) is 0 Å². The van der Waals surface area contributed by atoms with E-state index in [9.17, 15) is 8.42 Å². The van der Waals surface area contributed by atoms with Gasteiger partial charge in [0.15, 0.2) is 0 Å². The molecule has 9 heavy (non-hydrogen) atoms. The zero-order valence-corrected chi connectivity index (χ0v) is 5.35. The Balaban J connectivity index is 3.67. The van der Waals surface area contributed by atoms with Gasteiger partial charge in [0.1, 0.15) is 0 Å². The largest absolute Gasteiger partial charge is 0.368 e. The van der Waals surface area contributed by atoms with Gasteiger partial charge in [0.2, 0.25) is 10.3 Å². The van der Waals surface area contributed by atoms with Crippen LogP contribution in [-0.2, 0) is 10.3 Å².